The van der Waals surface area contributed by atoms with E-state index in [0.717, 1.165) is 0 Å². The molecule has 1 amide bonds. The van der Waals surface area contributed by atoms with Gasteiger partial charge in [0.25, 0.3) is 0 Å². The number of aliphatic imine (C=N–C) groups is 1. The molecule has 66 valence electrons. The van der Waals surface area contributed by atoms with Crippen molar-refractivity contribution in [1.29, 1.82) is 0 Å². The van der Waals surface area contributed by atoms with Gasteiger partial charge >= 0.3 is 12.1 Å². The van der Waals surface area contributed by atoms with Crippen molar-refractivity contribution in [3.63, 3.8) is 0 Å². The molecule has 0 aromatic carbocycles. The number of esters is 1. The lowest BCUT2D eigenvalue weighted by molar-refractivity contribution is -0.135. The van der Waals surface area contributed by atoms with Crippen molar-refractivity contribution in [3.8, 4) is 0 Å². The van der Waals surface area contributed by atoms with Crippen LogP contribution in [0.4, 0.5) is 4.79 Å². The average Bonchev–Trinajstić information content (AvgIpc) is 2.61. The summed E-state index contributed by atoms with van der Waals surface area (Å²) in [6.07, 6.45) is 2.34. The third-order valence-corrected chi connectivity index (χ3v) is 1.69. The fourth-order valence-electron chi connectivity index (χ4n) is 1.13. The quantitative estimate of drug-likeness (QED) is 0.552. The number of allylic oxidation sites excluding steroid dienone is 1. The second kappa shape index (κ2) is 2.55. The van der Waals surface area contributed by atoms with Crippen molar-refractivity contribution >= 4 is 17.8 Å². The zero-order chi connectivity index (χ0) is 9.42. The Hall–Kier alpha value is -1.91. The molecule has 0 N–H and O–H groups in total. The number of carbonyl (C=O) groups excluding carboxylic acids is 2. The van der Waals surface area contributed by atoms with Gasteiger partial charge in [-0.3, -0.25) is 0 Å². The topological polar surface area (TPSA) is 65.0 Å². The van der Waals surface area contributed by atoms with Crippen molar-refractivity contribution in [2.75, 3.05) is 7.11 Å². The Morgan fingerprint density at radius 3 is 3.00 bits per heavy atom. The van der Waals surface area contributed by atoms with E-state index < -0.39 is 12.1 Å². The van der Waals surface area contributed by atoms with Gasteiger partial charge in [0, 0.05) is 0 Å². The van der Waals surface area contributed by atoms with Crippen LogP contribution in [-0.2, 0) is 14.3 Å². The number of nitrogens with zero attached hydrogens (tertiary/aromatic N) is 1. The summed E-state index contributed by atoms with van der Waals surface area (Å²) in [5.41, 5.74) is 0.609. The first-order valence-corrected chi connectivity index (χ1v) is 3.54. The zero-order valence-electron chi connectivity index (χ0n) is 6.73. The summed E-state index contributed by atoms with van der Waals surface area (Å²) in [5.74, 6) is -0.344. The summed E-state index contributed by atoms with van der Waals surface area (Å²) < 4.78 is 9.18. The molecule has 0 bridgehead atoms. The molecule has 1 aliphatic carbocycles. The first kappa shape index (κ1) is 7.72. The van der Waals surface area contributed by atoms with Crippen LogP contribution in [0.1, 0.15) is 0 Å². The molecule has 0 spiro atoms. The van der Waals surface area contributed by atoms with E-state index in [2.05, 4.69) is 9.73 Å². The van der Waals surface area contributed by atoms with Gasteiger partial charge in [0.05, 0.1) is 7.11 Å². The zero-order valence-corrected chi connectivity index (χ0v) is 6.73. The Balaban J connectivity index is 2.42. The van der Waals surface area contributed by atoms with E-state index in [4.69, 9.17) is 4.74 Å². The van der Waals surface area contributed by atoms with E-state index in [1.165, 1.54) is 19.3 Å². The first-order valence-electron chi connectivity index (χ1n) is 3.54. The van der Waals surface area contributed by atoms with Gasteiger partial charge in [-0.2, -0.15) is 4.99 Å². The highest BCUT2D eigenvalue weighted by atomic mass is 16.6. The van der Waals surface area contributed by atoms with Crippen LogP contribution in [0.5, 0.6) is 0 Å². The number of hydrogen-bond acceptors (Lipinski definition) is 4. The number of ether oxygens (including phenoxy) is 2. The van der Waals surface area contributed by atoms with Gasteiger partial charge in [0.15, 0.2) is 5.76 Å². The second-order valence-electron chi connectivity index (χ2n) is 2.43. The van der Waals surface area contributed by atoms with Crippen LogP contribution in [0.2, 0.25) is 0 Å². The van der Waals surface area contributed by atoms with Crippen LogP contribution in [0.3, 0.4) is 0 Å². The Morgan fingerprint density at radius 1 is 1.54 bits per heavy atom. The van der Waals surface area contributed by atoms with Crippen LogP contribution in [0.15, 0.2) is 28.5 Å². The fraction of sp³-hybridized carbons (Fsp3) is 0.125. The van der Waals surface area contributed by atoms with Gasteiger partial charge in [-0.25, -0.2) is 9.59 Å². The third-order valence-electron chi connectivity index (χ3n) is 1.69. The van der Waals surface area contributed by atoms with Crippen molar-refractivity contribution < 1.29 is 19.1 Å². The lowest BCUT2D eigenvalue weighted by Gasteiger charge is -1.98. The minimum Gasteiger partial charge on any atom is -0.465 e. The lowest BCUT2D eigenvalue weighted by atomic mass is 10.3. The molecule has 1 aliphatic heterocycles. The molecule has 0 radical (unpaired) electrons. The molecule has 0 fully saturated rings. The Labute approximate surface area is 73.3 Å². The Morgan fingerprint density at radius 2 is 2.31 bits per heavy atom. The number of carbonyl (C=O) groups is 2. The number of rotatable bonds is 1. The Bertz CT molecular complexity index is 389. The summed E-state index contributed by atoms with van der Waals surface area (Å²) in [5, 5.41) is 0. The maximum Gasteiger partial charge on any atom is 0.439 e. The van der Waals surface area contributed by atoms with Gasteiger partial charge in [0.1, 0.15) is 11.3 Å². The molecular formula is C8H5NO4. The van der Waals surface area contributed by atoms with Gasteiger partial charge in [-0.05, 0) is 12.2 Å². The van der Waals surface area contributed by atoms with Crippen LogP contribution < -0.4 is 0 Å². The highest BCUT2D eigenvalue weighted by Gasteiger charge is 2.30. The summed E-state index contributed by atoms with van der Waals surface area (Å²) in [6, 6.07) is 0. The predicted octanol–water partition coefficient (Wildman–Crippen LogP) is 0.575. The largest absolute Gasteiger partial charge is 0.465 e. The van der Waals surface area contributed by atoms with Crippen molar-refractivity contribution in [2.45, 2.75) is 0 Å². The highest BCUT2D eigenvalue weighted by Crippen LogP contribution is 2.24. The minimum atomic E-state index is -0.698. The van der Waals surface area contributed by atoms with Crippen LogP contribution in [0.25, 0.3) is 0 Å². The number of amides is 1. The van der Waals surface area contributed by atoms with Crippen LogP contribution in [-0.4, -0.2) is 24.9 Å². The van der Waals surface area contributed by atoms with Gasteiger partial charge < -0.3 is 9.47 Å². The summed E-state index contributed by atoms with van der Waals surface area (Å²) in [6.45, 7) is 0. The number of fused-ring (bicyclic) bond motifs is 1. The third kappa shape index (κ3) is 1.05. The van der Waals surface area contributed by atoms with Gasteiger partial charge in [-0.1, -0.05) is 0 Å². The molecule has 2 rings (SSSR count). The molecule has 0 aromatic heterocycles. The predicted molar refractivity (Wildman–Crippen MR) is 42.1 cm³/mol. The molecular weight excluding hydrogens is 174 g/mol. The van der Waals surface area contributed by atoms with E-state index in [0.29, 0.717) is 5.71 Å². The summed E-state index contributed by atoms with van der Waals surface area (Å²) >= 11 is 0. The molecule has 0 atom stereocenters. The first-order chi connectivity index (χ1) is 6.22. The molecule has 5 nitrogen and oxygen atoms in total. The summed E-state index contributed by atoms with van der Waals surface area (Å²) in [7, 11) is 1.26. The molecule has 5 heteroatoms. The molecule has 13 heavy (non-hydrogen) atoms. The monoisotopic (exact) mass is 179 g/mol. The average molecular weight is 179 g/mol. The molecule has 1 heterocycles. The van der Waals surface area contributed by atoms with Crippen molar-refractivity contribution in [3.05, 3.63) is 23.5 Å². The minimum absolute atomic E-state index is 0.192. The highest BCUT2D eigenvalue weighted by molar-refractivity contribution is 6.22. The number of hydrogen-bond donors (Lipinski definition) is 0. The lowest BCUT2D eigenvalue weighted by Crippen LogP contribution is -2.06. The van der Waals surface area contributed by atoms with Crippen molar-refractivity contribution in [1.82, 2.24) is 0 Å². The van der Waals surface area contributed by atoms with E-state index in [1.807, 2.05) is 0 Å². The maximum atomic E-state index is 11.1. The smallest absolute Gasteiger partial charge is 0.439 e. The van der Waals surface area contributed by atoms with Crippen LogP contribution >= 0.6 is 0 Å². The molecule has 0 unspecified atom stereocenters. The van der Waals surface area contributed by atoms with Gasteiger partial charge in [0.2, 0.25) is 0 Å². The normalized spacial score (nSPS) is 18.5. The molecule has 0 saturated carbocycles. The van der Waals surface area contributed by atoms with Crippen LogP contribution in [0, 0.1) is 0 Å². The van der Waals surface area contributed by atoms with E-state index in [9.17, 15) is 9.59 Å². The van der Waals surface area contributed by atoms with E-state index >= 15 is 0 Å². The maximum absolute atomic E-state index is 11.1. The standard InChI is InChI=1S/C8H5NO4/c1-12-7(10)4-2-3-5-6(4)13-8(11)9-5/h2-3H,1H3. The van der Waals surface area contributed by atoms with Crippen molar-refractivity contribution in [2.24, 2.45) is 4.99 Å². The number of methoxy groups -OCH3 is 1. The molecule has 2 aliphatic rings. The summed E-state index contributed by atoms with van der Waals surface area (Å²) in [4.78, 5) is 25.3. The fourth-order valence-corrected chi connectivity index (χ4v) is 1.13. The Kier molecular flexibility index (Phi) is 1.51. The van der Waals surface area contributed by atoms with E-state index in [1.54, 1.807) is 0 Å². The molecule has 0 aromatic rings. The molecule has 0 saturated heterocycles. The second-order valence-corrected chi connectivity index (χ2v) is 2.43. The van der Waals surface area contributed by atoms with Gasteiger partial charge in [-0.15, -0.1) is 0 Å². The van der Waals surface area contributed by atoms with E-state index in [-0.39, 0.29) is 11.3 Å². The SMILES string of the molecule is COC(=O)C1=C2OC(=O)N=C2C=C1.